The molecule has 1 aliphatic rings. The number of aliphatic hydroxyl groups is 1. The summed E-state index contributed by atoms with van der Waals surface area (Å²) < 4.78 is 1.79. The maximum Gasteiger partial charge on any atom is 0.263 e. The zero-order valence-electron chi connectivity index (χ0n) is 11.5. The van der Waals surface area contributed by atoms with Crippen molar-refractivity contribution in [2.45, 2.75) is 44.3 Å². The number of aromatic nitrogens is 2. The van der Waals surface area contributed by atoms with Crippen LogP contribution >= 0.6 is 23.1 Å². The number of hydrogen-bond acceptors (Lipinski definition) is 5. The SMILES string of the molecule is CCCn1c(SCCO)nc2sc3c(c2c1=O)CCC3. The quantitative estimate of drug-likeness (QED) is 0.681. The van der Waals surface area contributed by atoms with Crippen LogP contribution in [0.5, 0.6) is 0 Å². The molecule has 0 saturated carbocycles. The lowest BCUT2D eigenvalue weighted by atomic mass is 10.2. The van der Waals surface area contributed by atoms with Crippen LogP contribution in [0, 0.1) is 0 Å². The zero-order chi connectivity index (χ0) is 14.1. The van der Waals surface area contributed by atoms with E-state index in [9.17, 15) is 4.79 Å². The van der Waals surface area contributed by atoms with Crippen molar-refractivity contribution in [1.29, 1.82) is 0 Å². The molecule has 0 bridgehead atoms. The second-order valence-electron chi connectivity index (χ2n) is 4.96. The predicted octanol–water partition coefficient (Wildman–Crippen LogP) is 2.44. The fourth-order valence-electron chi connectivity index (χ4n) is 2.73. The molecule has 0 radical (unpaired) electrons. The van der Waals surface area contributed by atoms with Gasteiger partial charge in [0.05, 0.1) is 12.0 Å². The number of nitrogens with zero attached hydrogens (tertiary/aromatic N) is 2. The summed E-state index contributed by atoms with van der Waals surface area (Å²) in [5.74, 6) is 0.576. The number of hydrogen-bond donors (Lipinski definition) is 1. The molecule has 4 nitrogen and oxygen atoms in total. The number of rotatable bonds is 5. The Labute approximate surface area is 125 Å². The first-order valence-corrected chi connectivity index (χ1v) is 8.85. The van der Waals surface area contributed by atoms with Crippen LogP contribution < -0.4 is 5.56 Å². The minimum atomic E-state index is 0.103. The van der Waals surface area contributed by atoms with Gasteiger partial charge in [0, 0.05) is 17.2 Å². The minimum Gasteiger partial charge on any atom is -0.396 e. The third-order valence-electron chi connectivity index (χ3n) is 3.56. The molecule has 0 amide bonds. The van der Waals surface area contributed by atoms with Crippen molar-refractivity contribution in [3.63, 3.8) is 0 Å². The molecule has 1 aliphatic carbocycles. The Kier molecular flexibility index (Phi) is 4.14. The fraction of sp³-hybridized carbons (Fsp3) is 0.571. The molecule has 20 heavy (non-hydrogen) atoms. The van der Waals surface area contributed by atoms with Crippen LogP contribution in [0.3, 0.4) is 0 Å². The van der Waals surface area contributed by atoms with Gasteiger partial charge in [-0.25, -0.2) is 4.98 Å². The summed E-state index contributed by atoms with van der Waals surface area (Å²) in [5.41, 5.74) is 1.35. The molecule has 2 aromatic heterocycles. The van der Waals surface area contributed by atoms with Crippen molar-refractivity contribution in [3.05, 3.63) is 20.8 Å². The summed E-state index contributed by atoms with van der Waals surface area (Å²) in [4.78, 5) is 19.7. The standard InChI is InChI=1S/C14H18N2O2S2/c1-2-6-16-13(18)11-9-4-3-5-10(9)20-12(11)15-14(16)19-8-7-17/h17H,2-8H2,1H3. The van der Waals surface area contributed by atoms with E-state index < -0.39 is 0 Å². The van der Waals surface area contributed by atoms with E-state index in [4.69, 9.17) is 5.11 Å². The fourth-order valence-corrected chi connectivity index (χ4v) is 4.80. The molecule has 2 aromatic rings. The predicted molar refractivity (Wildman–Crippen MR) is 84.0 cm³/mol. The van der Waals surface area contributed by atoms with E-state index in [2.05, 4.69) is 11.9 Å². The van der Waals surface area contributed by atoms with E-state index in [1.54, 1.807) is 15.9 Å². The Hall–Kier alpha value is -0.850. The first kappa shape index (κ1) is 14.1. The molecule has 2 heterocycles. The third kappa shape index (κ3) is 2.29. The number of thiophene rings is 1. The number of aliphatic hydroxyl groups excluding tert-OH is 1. The second kappa shape index (κ2) is 5.87. The summed E-state index contributed by atoms with van der Waals surface area (Å²) >= 11 is 3.14. The lowest BCUT2D eigenvalue weighted by molar-refractivity contribution is 0.322. The highest BCUT2D eigenvalue weighted by atomic mass is 32.2. The Morgan fingerprint density at radius 2 is 2.30 bits per heavy atom. The normalized spacial score (nSPS) is 14.1. The van der Waals surface area contributed by atoms with Gasteiger partial charge in [-0.3, -0.25) is 9.36 Å². The van der Waals surface area contributed by atoms with Crippen LogP contribution in [0.15, 0.2) is 9.95 Å². The molecule has 3 rings (SSSR count). The molecule has 0 unspecified atom stereocenters. The third-order valence-corrected chi connectivity index (χ3v) is 5.70. The minimum absolute atomic E-state index is 0.103. The maximum absolute atomic E-state index is 12.8. The van der Waals surface area contributed by atoms with Gasteiger partial charge < -0.3 is 5.11 Å². The van der Waals surface area contributed by atoms with Crippen LogP contribution in [0.1, 0.15) is 30.2 Å². The van der Waals surface area contributed by atoms with Crippen molar-refractivity contribution in [2.24, 2.45) is 0 Å². The first-order valence-electron chi connectivity index (χ1n) is 7.05. The maximum atomic E-state index is 12.8. The van der Waals surface area contributed by atoms with Crippen molar-refractivity contribution >= 4 is 33.3 Å². The molecule has 6 heteroatoms. The largest absolute Gasteiger partial charge is 0.396 e. The highest BCUT2D eigenvalue weighted by molar-refractivity contribution is 7.99. The highest BCUT2D eigenvalue weighted by Gasteiger charge is 2.22. The molecule has 0 spiro atoms. The highest BCUT2D eigenvalue weighted by Crippen LogP contribution is 2.35. The summed E-state index contributed by atoms with van der Waals surface area (Å²) in [6.45, 7) is 2.86. The van der Waals surface area contributed by atoms with Crippen molar-refractivity contribution < 1.29 is 5.11 Å². The molecule has 0 atom stereocenters. The summed E-state index contributed by atoms with van der Waals surface area (Å²) in [5, 5.41) is 10.6. The molecular formula is C14H18N2O2S2. The van der Waals surface area contributed by atoms with Gasteiger partial charge in [0.15, 0.2) is 5.16 Å². The van der Waals surface area contributed by atoms with Gasteiger partial charge in [-0.15, -0.1) is 11.3 Å². The van der Waals surface area contributed by atoms with Crippen LogP contribution in [0.25, 0.3) is 10.2 Å². The number of thioether (sulfide) groups is 1. The molecule has 1 N–H and O–H groups in total. The summed E-state index contributed by atoms with van der Waals surface area (Å²) in [6.07, 6.45) is 4.17. The van der Waals surface area contributed by atoms with Gasteiger partial charge in [-0.1, -0.05) is 18.7 Å². The van der Waals surface area contributed by atoms with E-state index in [0.29, 0.717) is 12.3 Å². The van der Waals surface area contributed by atoms with Gasteiger partial charge in [0.25, 0.3) is 5.56 Å². The Morgan fingerprint density at radius 3 is 3.05 bits per heavy atom. The average Bonchev–Trinajstić information content (AvgIpc) is 3.00. The van der Waals surface area contributed by atoms with Crippen LogP contribution in [-0.2, 0) is 19.4 Å². The van der Waals surface area contributed by atoms with Crippen LogP contribution in [0.2, 0.25) is 0 Å². The van der Waals surface area contributed by atoms with E-state index in [1.165, 1.54) is 22.2 Å². The smallest absolute Gasteiger partial charge is 0.263 e. The lowest BCUT2D eigenvalue weighted by Gasteiger charge is -2.10. The van der Waals surface area contributed by atoms with Gasteiger partial charge >= 0.3 is 0 Å². The Bertz CT molecular complexity index is 691. The number of aryl methyl sites for hydroxylation is 2. The zero-order valence-corrected chi connectivity index (χ0v) is 13.1. The van der Waals surface area contributed by atoms with E-state index in [1.807, 2.05) is 0 Å². The van der Waals surface area contributed by atoms with Crippen molar-refractivity contribution in [1.82, 2.24) is 9.55 Å². The Balaban J connectivity index is 2.19. The van der Waals surface area contributed by atoms with Crippen molar-refractivity contribution in [3.8, 4) is 0 Å². The van der Waals surface area contributed by atoms with Crippen LogP contribution in [-0.4, -0.2) is 27.0 Å². The first-order chi connectivity index (χ1) is 9.76. The van der Waals surface area contributed by atoms with Gasteiger partial charge in [-0.2, -0.15) is 0 Å². The topological polar surface area (TPSA) is 55.1 Å². The van der Waals surface area contributed by atoms with Gasteiger partial charge in [0.1, 0.15) is 4.83 Å². The molecule has 0 saturated heterocycles. The van der Waals surface area contributed by atoms with E-state index >= 15 is 0 Å². The molecule has 0 aliphatic heterocycles. The lowest BCUT2D eigenvalue weighted by Crippen LogP contribution is -2.23. The Morgan fingerprint density at radius 1 is 1.45 bits per heavy atom. The van der Waals surface area contributed by atoms with E-state index in [0.717, 1.165) is 41.1 Å². The summed E-state index contributed by atoms with van der Waals surface area (Å²) in [7, 11) is 0. The molecule has 0 aromatic carbocycles. The van der Waals surface area contributed by atoms with Crippen molar-refractivity contribution in [2.75, 3.05) is 12.4 Å². The van der Waals surface area contributed by atoms with Gasteiger partial charge in [0.2, 0.25) is 0 Å². The second-order valence-corrected chi connectivity index (χ2v) is 7.11. The molecule has 0 fully saturated rings. The molecular weight excluding hydrogens is 292 g/mol. The summed E-state index contributed by atoms with van der Waals surface area (Å²) in [6, 6.07) is 0. The average molecular weight is 310 g/mol. The monoisotopic (exact) mass is 310 g/mol. The molecule has 108 valence electrons. The van der Waals surface area contributed by atoms with Gasteiger partial charge in [-0.05, 0) is 31.2 Å². The van der Waals surface area contributed by atoms with E-state index in [-0.39, 0.29) is 12.2 Å². The van der Waals surface area contributed by atoms with Crippen LogP contribution in [0.4, 0.5) is 0 Å². The number of fused-ring (bicyclic) bond motifs is 3.